The maximum absolute atomic E-state index is 11.7. The Morgan fingerprint density at radius 1 is 1.45 bits per heavy atom. The van der Waals surface area contributed by atoms with Gasteiger partial charge in [0.1, 0.15) is 5.25 Å². The van der Waals surface area contributed by atoms with E-state index in [2.05, 4.69) is 29.0 Å². The molecule has 1 aromatic rings. The van der Waals surface area contributed by atoms with Gasteiger partial charge in [0.25, 0.3) is 0 Å². The van der Waals surface area contributed by atoms with Gasteiger partial charge in [-0.25, -0.2) is 0 Å². The lowest BCUT2D eigenvalue weighted by atomic mass is 10.1. The third-order valence-corrected chi connectivity index (χ3v) is 5.05. The summed E-state index contributed by atoms with van der Waals surface area (Å²) < 4.78 is 11.4. The first kappa shape index (κ1) is 22.5. The Morgan fingerprint density at radius 3 is 2.90 bits per heavy atom. The summed E-state index contributed by atoms with van der Waals surface area (Å²) in [4.78, 5) is 22.5. The molecule has 2 rings (SSSR count). The fourth-order valence-electron chi connectivity index (χ4n) is 2.59. The summed E-state index contributed by atoms with van der Waals surface area (Å²) in [5, 5.41) is 18.9. The summed E-state index contributed by atoms with van der Waals surface area (Å²) in [6.45, 7) is 6.49. The highest BCUT2D eigenvalue weighted by molar-refractivity contribution is 8.15. The van der Waals surface area contributed by atoms with Crippen LogP contribution in [-0.4, -0.2) is 47.3 Å². The Morgan fingerprint density at radius 2 is 2.24 bits per heavy atom. The molecule has 1 aliphatic heterocycles. The molecule has 0 spiro atoms. The fraction of sp³-hybridized carbons (Fsp3) is 0.400. The highest BCUT2D eigenvalue weighted by Crippen LogP contribution is 2.33. The molecule has 1 unspecified atom stereocenters. The highest BCUT2D eigenvalue weighted by atomic mass is 32.2. The number of hydrogen-bond acceptors (Lipinski definition) is 7. The molecule has 0 saturated carbocycles. The zero-order chi connectivity index (χ0) is 21.2. The van der Waals surface area contributed by atoms with E-state index in [1.54, 1.807) is 19.3 Å². The topological polar surface area (TPSA) is 110 Å². The lowest BCUT2D eigenvalue weighted by molar-refractivity contribution is -0.138. The van der Waals surface area contributed by atoms with E-state index in [0.29, 0.717) is 24.5 Å². The Bertz CT molecular complexity index is 823. The molecule has 1 heterocycles. The van der Waals surface area contributed by atoms with Crippen LogP contribution >= 0.6 is 11.8 Å². The van der Waals surface area contributed by atoms with Gasteiger partial charge in [0.15, 0.2) is 16.7 Å². The fourth-order valence-corrected chi connectivity index (χ4v) is 3.51. The van der Waals surface area contributed by atoms with Gasteiger partial charge in [-0.05, 0) is 30.5 Å². The normalized spacial score (nSPS) is 17.5. The average molecular weight is 420 g/mol. The van der Waals surface area contributed by atoms with Crippen molar-refractivity contribution in [1.29, 1.82) is 0 Å². The number of carbonyl (C=O) groups excluding carboxylic acids is 1. The van der Waals surface area contributed by atoms with Crippen LogP contribution in [0.2, 0.25) is 0 Å². The van der Waals surface area contributed by atoms with E-state index in [1.807, 2.05) is 6.07 Å². The molecule has 9 heteroatoms. The number of hydrogen-bond donors (Lipinski definition) is 2. The zero-order valence-corrected chi connectivity index (χ0v) is 17.3. The molecule has 1 atom stereocenters. The van der Waals surface area contributed by atoms with Gasteiger partial charge in [0.2, 0.25) is 5.91 Å². The zero-order valence-electron chi connectivity index (χ0n) is 16.5. The summed E-state index contributed by atoms with van der Waals surface area (Å²) in [6, 6.07) is 3.72. The number of ether oxygens (including phenoxy) is 2. The number of thioether (sulfide) groups is 1. The predicted molar refractivity (Wildman–Crippen MR) is 114 cm³/mol. The van der Waals surface area contributed by atoms with Gasteiger partial charge < -0.3 is 19.9 Å². The van der Waals surface area contributed by atoms with Crippen LogP contribution in [0.15, 0.2) is 35.0 Å². The molecule has 29 heavy (non-hydrogen) atoms. The number of amides is 1. The first-order chi connectivity index (χ1) is 14.0. The second kappa shape index (κ2) is 11.3. The molecule has 0 aromatic heterocycles. The van der Waals surface area contributed by atoms with Gasteiger partial charge in [0, 0.05) is 5.56 Å². The number of carboxylic acid groups (broad SMARTS) is 1. The predicted octanol–water partition coefficient (Wildman–Crippen LogP) is 3.00. The van der Waals surface area contributed by atoms with Crippen LogP contribution in [0.5, 0.6) is 11.5 Å². The van der Waals surface area contributed by atoms with Crippen LogP contribution in [0.4, 0.5) is 0 Å². The standard InChI is InChI=1S/C20H25N3O5S/c1-4-6-8-28-18-14(7-5-2)9-13(10-15(18)27-3)12-21-23-20-22-19(26)16(29-20)11-17(24)25/h5,9-10,12,16H,2,4,6-8,11H2,1,3H3,(H,24,25)(H,22,23,26). The number of amidine groups is 1. The quantitative estimate of drug-likeness (QED) is 0.247. The minimum absolute atomic E-state index is 0.263. The Labute approximate surface area is 174 Å². The first-order valence-electron chi connectivity index (χ1n) is 9.23. The van der Waals surface area contributed by atoms with Crippen molar-refractivity contribution in [1.82, 2.24) is 5.32 Å². The number of methoxy groups -OCH3 is 1. The third-order valence-electron chi connectivity index (χ3n) is 3.97. The van der Waals surface area contributed by atoms with Crippen LogP contribution in [0.1, 0.15) is 37.3 Å². The molecular formula is C20H25N3O5S. The molecule has 0 aliphatic carbocycles. The molecule has 0 bridgehead atoms. The van der Waals surface area contributed by atoms with Gasteiger partial charge in [-0.2, -0.15) is 5.10 Å². The van der Waals surface area contributed by atoms with Crippen molar-refractivity contribution in [2.45, 2.75) is 37.9 Å². The maximum Gasteiger partial charge on any atom is 0.305 e. The van der Waals surface area contributed by atoms with Crippen molar-refractivity contribution >= 4 is 35.0 Å². The third kappa shape index (κ3) is 6.63. The van der Waals surface area contributed by atoms with Gasteiger partial charge in [0.05, 0.1) is 26.4 Å². The first-order valence-corrected chi connectivity index (χ1v) is 10.1. The van der Waals surface area contributed by atoms with Crippen LogP contribution < -0.4 is 14.8 Å². The van der Waals surface area contributed by atoms with Crippen LogP contribution in [-0.2, 0) is 16.0 Å². The van der Waals surface area contributed by atoms with Crippen LogP contribution in [0.3, 0.4) is 0 Å². The summed E-state index contributed by atoms with van der Waals surface area (Å²) in [5.41, 5.74) is 1.68. The molecule has 2 N–H and O–H groups in total. The van der Waals surface area contributed by atoms with E-state index in [9.17, 15) is 9.59 Å². The number of allylic oxidation sites excluding steroid dienone is 1. The van der Waals surface area contributed by atoms with Crippen LogP contribution in [0.25, 0.3) is 0 Å². The lowest BCUT2D eigenvalue weighted by Crippen LogP contribution is -2.26. The van der Waals surface area contributed by atoms with Crippen molar-refractivity contribution in [2.75, 3.05) is 13.7 Å². The minimum atomic E-state index is -1.04. The van der Waals surface area contributed by atoms with E-state index in [0.717, 1.165) is 35.7 Å². The summed E-state index contributed by atoms with van der Waals surface area (Å²) in [7, 11) is 1.58. The summed E-state index contributed by atoms with van der Waals surface area (Å²) >= 11 is 1.05. The average Bonchev–Trinajstić information content (AvgIpc) is 3.02. The second-order valence-electron chi connectivity index (χ2n) is 6.25. The number of aliphatic carboxylic acids is 1. The second-order valence-corrected chi connectivity index (χ2v) is 7.44. The van der Waals surface area contributed by atoms with Crippen molar-refractivity contribution in [3.05, 3.63) is 35.9 Å². The smallest absolute Gasteiger partial charge is 0.305 e. The van der Waals surface area contributed by atoms with Crippen molar-refractivity contribution < 1.29 is 24.2 Å². The molecule has 0 radical (unpaired) electrons. The highest BCUT2D eigenvalue weighted by Gasteiger charge is 2.32. The molecule has 1 amide bonds. The van der Waals surface area contributed by atoms with E-state index < -0.39 is 11.2 Å². The number of rotatable bonds is 11. The van der Waals surface area contributed by atoms with E-state index >= 15 is 0 Å². The summed E-state index contributed by atoms with van der Waals surface area (Å²) in [6.07, 6.45) is 5.65. The molecule has 156 valence electrons. The Kier molecular flexibility index (Phi) is 8.72. The van der Waals surface area contributed by atoms with Gasteiger partial charge in [-0.1, -0.05) is 31.2 Å². The number of benzene rings is 1. The number of nitrogens with zero attached hydrogens (tertiary/aromatic N) is 2. The van der Waals surface area contributed by atoms with Gasteiger partial charge in [-0.3, -0.25) is 9.59 Å². The number of unbranched alkanes of at least 4 members (excludes halogenated alkanes) is 1. The number of carboxylic acids is 1. The SMILES string of the molecule is C=CCc1cc(C=NN=C2NC(=O)C(CC(=O)O)S2)cc(OC)c1OCCCC. The molecular weight excluding hydrogens is 394 g/mol. The molecule has 8 nitrogen and oxygen atoms in total. The lowest BCUT2D eigenvalue weighted by Gasteiger charge is -2.15. The van der Waals surface area contributed by atoms with Crippen molar-refractivity contribution in [3.63, 3.8) is 0 Å². The van der Waals surface area contributed by atoms with E-state index in [4.69, 9.17) is 14.6 Å². The van der Waals surface area contributed by atoms with Crippen molar-refractivity contribution in [2.24, 2.45) is 10.2 Å². The van der Waals surface area contributed by atoms with Gasteiger partial charge >= 0.3 is 5.97 Å². The largest absolute Gasteiger partial charge is 0.493 e. The number of nitrogens with one attached hydrogen (secondary N) is 1. The molecule has 1 aromatic carbocycles. The molecule has 1 aliphatic rings. The van der Waals surface area contributed by atoms with Crippen molar-refractivity contribution in [3.8, 4) is 11.5 Å². The van der Waals surface area contributed by atoms with Gasteiger partial charge in [-0.15, -0.1) is 11.7 Å². The summed E-state index contributed by atoms with van der Waals surface area (Å²) in [5.74, 6) is -0.126. The van der Waals surface area contributed by atoms with E-state index in [1.165, 1.54) is 6.21 Å². The minimum Gasteiger partial charge on any atom is -0.493 e. The monoisotopic (exact) mass is 419 g/mol. The van der Waals surface area contributed by atoms with E-state index in [-0.39, 0.29) is 17.5 Å². The Hall–Kier alpha value is -2.81. The number of carbonyl (C=O) groups is 2. The molecule has 1 saturated heterocycles. The van der Waals surface area contributed by atoms with Crippen LogP contribution in [0, 0.1) is 0 Å². The Balaban J connectivity index is 2.17. The maximum atomic E-state index is 11.7. The molecule has 1 fully saturated rings.